The first-order chi connectivity index (χ1) is 34.0. The first kappa shape index (κ1) is 67.3. The van der Waals surface area contributed by atoms with Gasteiger partial charge < -0.3 is 20.3 Å². The predicted molar refractivity (Wildman–Crippen MR) is 301 cm³/mol. The molecule has 3 N–H and O–H groups in total. The van der Waals surface area contributed by atoms with E-state index in [9.17, 15) is 19.8 Å². The Hall–Kier alpha value is -1.66. The summed E-state index contributed by atoms with van der Waals surface area (Å²) < 4.78 is 5.46. The van der Waals surface area contributed by atoms with Crippen molar-refractivity contribution in [2.45, 2.75) is 353 Å². The Labute approximate surface area is 431 Å². The molecule has 0 aliphatic heterocycles. The zero-order chi connectivity index (χ0) is 50.0. The summed E-state index contributed by atoms with van der Waals surface area (Å²) >= 11 is 0. The Morgan fingerprint density at radius 3 is 1.14 bits per heavy atom. The maximum atomic E-state index is 12.5. The Bertz CT molecular complexity index is 1080. The van der Waals surface area contributed by atoms with Crippen LogP contribution in [0.15, 0.2) is 24.3 Å². The smallest absolute Gasteiger partial charge is 0.305 e. The average Bonchev–Trinajstić information content (AvgIpc) is 3.35. The molecule has 69 heavy (non-hydrogen) atoms. The number of rotatable bonds is 58. The number of amides is 1. The maximum absolute atomic E-state index is 12.5. The topological polar surface area (TPSA) is 95.9 Å². The highest BCUT2D eigenvalue weighted by atomic mass is 16.5. The number of allylic oxidation sites excluding steroid dienone is 4. The lowest BCUT2D eigenvalue weighted by molar-refractivity contribution is -0.143. The van der Waals surface area contributed by atoms with E-state index in [2.05, 4.69) is 43.5 Å². The van der Waals surface area contributed by atoms with E-state index in [0.29, 0.717) is 25.9 Å². The molecule has 0 heterocycles. The van der Waals surface area contributed by atoms with Crippen LogP contribution in [0.5, 0.6) is 0 Å². The third kappa shape index (κ3) is 55.5. The van der Waals surface area contributed by atoms with Gasteiger partial charge in [0, 0.05) is 12.8 Å². The Kier molecular flexibility index (Phi) is 57.5. The summed E-state index contributed by atoms with van der Waals surface area (Å²) in [4.78, 5) is 24.6. The maximum Gasteiger partial charge on any atom is 0.305 e. The van der Waals surface area contributed by atoms with E-state index in [1.165, 1.54) is 250 Å². The number of carbonyl (C=O) groups is 2. The Morgan fingerprint density at radius 2 is 0.739 bits per heavy atom. The van der Waals surface area contributed by atoms with Crippen molar-refractivity contribution in [1.82, 2.24) is 5.32 Å². The Morgan fingerprint density at radius 1 is 0.406 bits per heavy atom. The molecule has 2 atom stereocenters. The highest BCUT2D eigenvalue weighted by Crippen LogP contribution is 2.18. The molecule has 0 aliphatic rings. The number of hydrogen-bond acceptors (Lipinski definition) is 5. The van der Waals surface area contributed by atoms with Gasteiger partial charge in [-0.15, -0.1) is 0 Å². The van der Waals surface area contributed by atoms with Gasteiger partial charge in [0.05, 0.1) is 25.4 Å². The molecule has 2 unspecified atom stereocenters. The first-order valence-electron chi connectivity index (χ1n) is 31.1. The monoisotopic (exact) mass is 972 g/mol. The van der Waals surface area contributed by atoms with Crippen molar-refractivity contribution in [3.63, 3.8) is 0 Å². The van der Waals surface area contributed by atoms with Gasteiger partial charge in [-0.1, -0.05) is 301 Å². The number of ether oxygens (including phenoxy) is 1. The molecule has 0 saturated heterocycles. The number of unbranched alkanes of at least 4 members (excludes halogenated alkanes) is 43. The molecule has 0 spiro atoms. The lowest BCUT2D eigenvalue weighted by Gasteiger charge is -2.22. The number of carbonyl (C=O) groups excluding carboxylic acids is 2. The van der Waals surface area contributed by atoms with E-state index >= 15 is 0 Å². The third-order valence-electron chi connectivity index (χ3n) is 14.5. The fourth-order valence-electron chi connectivity index (χ4n) is 9.72. The van der Waals surface area contributed by atoms with Crippen molar-refractivity contribution < 1.29 is 24.5 Å². The number of nitrogens with one attached hydrogen (secondary N) is 1. The molecule has 0 aliphatic carbocycles. The summed E-state index contributed by atoms with van der Waals surface area (Å²) in [6, 6.07) is -0.551. The summed E-state index contributed by atoms with van der Waals surface area (Å²) in [5, 5.41) is 23.4. The fraction of sp³-hybridized carbons (Fsp3) is 0.905. The van der Waals surface area contributed by atoms with Crippen LogP contribution in [0.3, 0.4) is 0 Å². The van der Waals surface area contributed by atoms with E-state index < -0.39 is 12.1 Å². The minimum Gasteiger partial charge on any atom is -0.466 e. The molecule has 0 aromatic rings. The van der Waals surface area contributed by atoms with Crippen molar-refractivity contribution in [1.29, 1.82) is 0 Å². The molecule has 1 amide bonds. The van der Waals surface area contributed by atoms with Crippen molar-refractivity contribution >= 4 is 11.9 Å². The molecular weight excluding hydrogens is 851 g/mol. The molecule has 0 radical (unpaired) electrons. The van der Waals surface area contributed by atoms with Crippen LogP contribution in [-0.2, 0) is 14.3 Å². The average molecular weight is 973 g/mol. The second kappa shape index (κ2) is 58.9. The van der Waals surface area contributed by atoms with Gasteiger partial charge in [0.25, 0.3) is 0 Å². The number of aliphatic hydroxyl groups is 2. The van der Waals surface area contributed by atoms with Gasteiger partial charge >= 0.3 is 5.97 Å². The quantitative estimate of drug-likeness (QED) is 0.0321. The molecule has 6 heteroatoms. The summed E-state index contributed by atoms with van der Waals surface area (Å²) in [5.41, 5.74) is 0. The van der Waals surface area contributed by atoms with Crippen LogP contribution in [-0.4, -0.2) is 47.4 Å². The molecule has 0 saturated carbocycles. The van der Waals surface area contributed by atoms with Crippen LogP contribution in [0.1, 0.15) is 341 Å². The van der Waals surface area contributed by atoms with Crippen LogP contribution >= 0.6 is 0 Å². The number of aliphatic hydroxyl groups excluding tert-OH is 2. The minimum atomic E-state index is -0.673. The van der Waals surface area contributed by atoms with Crippen molar-refractivity contribution in [2.24, 2.45) is 0 Å². The summed E-state index contributed by atoms with van der Waals surface area (Å²) in [7, 11) is 0. The van der Waals surface area contributed by atoms with E-state index in [4.69, 9.17) is 4.74 Å². The normalized spacial score (nSPS) is 12.7. The van der Waals surface area contributed by atoms with Gasteiger partial charge in [0.15, 0.2) is 0 Å². The second-order valence-corrected chi connectivity index (χ2v) is 21.4. The van der Waals surface area contributed by atoms with E-state index in [0.717, 1.165) is 57.8 Å². The predicted octanol–water partition coefficient (Wildman–Crippen LogP) is 19.4. The lowest BCUT2D eigenvalue weighted by Crippen LogP contribution is -2.45. The van der Waals surface area contributed by atoms with Gasteiger partial charge in [0.2, 0.25) is 5.91 Å². The van der Waals surface area contributed by atoms with Gasteiger partial charge in [0.1, 0.15) is 0 Å². The van der Waals surface area contributed by atoms with Crippen LogP contribution < -0.4 is 5.32 Å². The molecule has 0 rings (SSSR count). The summed E-state index contributed by atoms with van der Waals surface area (Å²) in [6.45, 7) is 4.91. The highest BCUT2D eigenvalue weighted by molar-refractivity contribution is 5.76. The van der Waals surface area contributed by atoms with Crippen molar-refractivity contribution in [3.8, 4) is 0 Å². The van der Waals surface area contributed by atoms with Crippen LogP contribution in [0.2, 0.25) is 0 Å². The molecule has 6 nitrogen and oxygen atoms in total. The lowest BCUT2D eigenvalue weighted by atomic mass is 10.0. The third-order valence-corrected chi connectivity index (χ3v) is 14.5. The number of esters is 1. The van der Waals surface area contributed by atoms with Crippen LogP contribution in [0.25, 0.3) is 0 Å². The molecule has 408 valence electrons. The summed E-state index contributed by atoms with van der Waals surface area (Å²) in [5.74, 6) is -0.0583. The second-order valence-electron chi connectivity index (χ2n) is 21.4. The van der Waals surface area contributed by atoms with E-state index in [-0.39, 0.29) is 18.5 Å². The van der Waals surface area contributed by atoms with Gasteiger partial charge in [-0.25, -0.2) is 0 Å². The van der Waals surface area contributed by atoms with Crippen LogP contribution in [0, 0.1) is 0 Å². The number of hydrogen-bond donors (Lipinski definition) is 3. The van der Waals surface area contributed by atoms with Gasteiger partial charge in [-0.2, -0.15) is 0 Å². The first-order valence-corrected chi connectivity index (χ1v) is 31.1. The standard InChI is InChI=1S/C63H121NO5/c1-3-5-7-9-11-13-15-17-19-20-21-22-23-24-25-26-27-28-31-35-39-43-47-51-55-61(66)60(59-65)64-62(67)56-52-48-44-40-36-32-29-30-34-38-42-46-50-54-58-69-63(68)57-53-49-45-41-37-33-18-16-14-12-10-8-6-4-2/h10,12,16,18,60-61,65-66H,3-9,11,13-15,17,19-59H2,1-2H3,(H,64,67)/b12-10-,18-16-. The molecule has 0 fully saturated rings. The van der Waals surface area contributed by atoms with Gasteiger partial charge in [-0.05, 0) is 51.4 Å². The summed E-state index contributed by atoms with van der Waals surface area (Å²) in [6.07, 6.45) is 71.8. The molecule has 0 aromatic heterocycles. The largest absolute Gasteiger partial charge is 0.466 e. The zero-order valence-electron chi connectivity index (χ0n) is 46.6. The van der Waals surface area contributed by atoms with Crippen molar-refractivity contribution in [2.75, 3.05) is 13.2 Å². The zero-order valence-corrected chi connectivity index (χ0v) is 46.6. The molecule has 0 aromatic carbocycles. The minimum absolute atomic E-state index is 0.0158. The van der Waals surface area contributed by atoms with Gasteiger partial charge in [-0.3, -0.25) is 9.59 Å². The van der Waals surface area contributed by atoms with E-state index in [1.54, 1.807) is 0 Å². The van der Waals surface area contributed by atoms with Crippen molar-refractivity contribution in [3.05, 3.63) is 24.3 Å². The fourth-order valence-corrected chi connectivity index (χ4v) is 9.72. The van der Waals surface area contributed by atoms with E-state index in [1.807, 2.05) is 0 Å². The SMILES string of the molecule is CCCC/C=C\C/C=C\CCCCCCCC(=O)OCCCCCCCCCCCCCCCCC(=O)NC(CO)C(O)CCCCCCCCCCCCCCCCCCCCCCCCCC. The molecular formula is C63H121NO5. The molecule has 0 bridgehead atoms. The van der Waals surface area contributed by atoms with Crippen LogP contribution in [0.4, 0.5) is 0 Å². The highest BCUT2D eigenvalue weighted by Gasteiger charge is 2.20. The Balaban J connectivity index is 3.44.